The number of esters is 1. The predicted molar refractivity (Wildman–Crippen MR) is 122 cm³/mol. The van der Waals surface area contributed by atoms with Gasteiger partial charge in [0.1, 0.15) is 0 Å². The molecule has 0 saturated heterocycles. The van der Waals surface area contributed by atoms with Crippen molar-refractivity contribution in [1.29, 1.82) is 0 Å². The second-order valence-corrected chi connectivity index (χ2v) is 9.88. The summed E-state index contributed by atoms with van der Waals surface area (Å²) in [7, 11) is -3.45. The molecule has 32 heavy (non-hydrogen) atoms. The van der Waals surface area contributed by atoms with E-state index in [-0.39, 0.29) is 17.1 Å². The lowest BCUT2D eigenvalue weighted by Gasteiger charge is -2.06. The first kappa shape index (κ1) is 23.8. The highest BCUT2D eigenvalue weighted by Gasteiger charge is 2.14. The molecular weight excluding hydrogens is 452 g/mol. The van der Waals surface area contributed by atoms with Crippen molar-refractivity contribution in [2.24, 2.45) is 4.99 Å². The van der Waals surface area contributed by atoms with Crippen molar-refractivity contribution < 1.29 is 27.5 Å². The highest BCUT2D eigenvalue weighted by molar-refractivity contribution is 7.90. The molecule has 3 aromatic rings. The second kappa shape index (κ2) is 10.2. The molecule has 0 radical (unpaired) electrons. The zero-order valence-corrected chi connectivity index (χ0v) is 19.7. The molecule has 1 aromatic heterocycles. The van der Waals surface area contributed by atoms with Crippen molar-refractivity contribution in [2.45, 2.75) is 25.3 Å². The largest absolute Gasteiger partial charge is 0.462 e. The van der Waals surface area contributed by atoms with E-state index >= 15 is 0 Å². The number of hydrogen-bond donors (Lipinski definition) is 0. The third kappa shape index (κ3) is 5.50. The number of hydrogen-bond acceptors (Lipinski definition) is 7. The molecule has 0 fully saturated rings. The molecule has 0 aliphatic heterocycles. The van der Waals surface area contributed by atoms with Gasteiger partial charge >= 0.3 is 5.97 Å². The van der Waals surface area contributed by atoms with Gasteiger partial charge in [-0.25, -0.2) is 13.2 Å². The second-order valence-electron chi connectivity index (χ2n) is 6.85. The summed E-state index contributed by atoms with van der Waals surface area (Å²) in [6.45, 7) is 5.35. The first-order valence-corrected chi connectivity index (χ1v) is 12.7. The maximum atomic E-state index is 12.8. The van der Waals surface area contributed by atoms with Crippen LogP contribution in [0.5, 0.6) is 0 Å². The van der Waals surface area contributed by atoms with E-state index < -0.39 is 21.7 Å². The summed E-state index contributed by atoms with van der Waals surface area (Å²) in [5.74, 6) is -0.978. The van der Waals surface area contributed by atoms with E-state index in [4.69, 9.17) is 9.47 Å². The molecule has 170 valence electrons. The van der Waals surface area contributed by atoms with E-state index in [1.54, 1.807) is 25.1 Å². The summed E-state index contributed by atoms with van der Waals surface area (Å²) in [6, 6.07) is 11.0. The van der Waals surface area contributed by atoms with E-state index in [9.17, 15) is 18.0 Å². The Morgan fingerprint density at radius 2 is 1.84 bits per heavy atom. The molecule has 1 heterocycles. The highest BCUT2D eigenvalue weighted by atomic mass is 32.2. The van der Waals surface area contributed by atoms with Crippen LogP contribution in [0.4, 0.5) is 0 Å². The molecule has 0 aliphatic rings. The molecule has 2 aromatic carbocycles. The minimum atomic E-state index is -3.45. The summed E-state index contributed by atoms with van der Waals surface area (Å²) in [6.07, 6.45) is 1.09. The van der Waals surface area contributed by atoms with Gasteiger partial charge in [-0.3, -0.25) is 4.79 Å². The Morgan fingerprint density at radius 3 is 2.53 bits per heavy atom. The van der Waals surface area contributed by atoms with Gasteiger partial charge in [0.25, 0.3) is 5.91 Å². The topological polar surface area (TPSA) is 104 Å². The van der Waals surface area contributed by atoms with Gasteiger partial charge in [0.15, 0.2) is 14.6 Å². The molecule has 1 amide bonds. The summed E-state index contributed by atoms with van der Waals surface area (Å²) >= 11 is 1.26. The minimum absolute atomic E-state index is 0.0539. The van der Waals surface area contributed by atoms with Crippen LogP contribution in [0.3, 0.4) is 0 Å². The van der Waals surface area contributed by atoms with Crippen molar-refractivity contribution >= 4 is 43.3 Å². The molecule has 0 spiro atoms. The fraction of sp³-hybridized carbons (Fsp3) is 0.318. The lowest BCUT2D eigenvalue weighted by Crippen LogP contribution is -2.19. The standard InChI is InChI=1S/C22H24N2O6S2/c1-4-29-12-11-24-18-10-9-16(21(26)30-5-2)14-19(18)31-22(24)23-20(25)15-7-6-8-17(13-15)32(3,27)28/h6-10,13-14H,4-5,11-12H2,1-3H3. The van der Waals surface area contributed by atoms with E-state index in [0.717, 1.165) is 16.5 Å². The quantitative estimate of drug-likeness (QED) is 0.366. The molecule has 0 saturated carbocycles. The number of benzene rings is 2. The van der Waals surface area contributed by atoms with Gasteiger partial charge in [-0.1, -0.05) is 17.4 Å². The number of carbonyl (C=O) groups is 2. The Balaban J connectivity index is 2.08. The highest BCUT2D eigenvalue weighted by Crippen LogP contribution is 2.20. The average Bonchev–Trinajstić information content (AvgIpc) is 3.09. The van der Waals surface area contributed by atoms with Gasteiger partial charge in [0.05, 0.1) is 33.9 Å². The van der Waals surface area contributed by atoms with Gasteiger partial charge in [0.2, 0.25) is 0 Å². The van der Waals surface area contributed by atoms with E-state index in [1.807, 2.05) is 11.5 Å². The Morgan fingerprint density at radius 1 is 1.06 bits per heavy atom. The van der Waals surface area contributed by atoms with Gasteiger partial charge in [0, 0.05) is 25.0 Å². The Hall–Kier alpha value is -2.82. The number of sulfone groups is 1. The number of nitrogens with zero attached hydrogens (tertiary/aromatic N) is 2. The Bertz CT molecular complexity index is 1320. The number of aromatic nitrogens is 1. The maximum absolute atomic E-state index is 12.8. The summed E-state index contributed by atoms with van der Waals surface area (Å²) < 4.78 is 36.8. The van der Waals surface area contributed by atoms with Gasteiger partial charge in [-0.2, -0.15) is 4.99 Å². The lowest BCUT2D eigenvalue weighted by atomic mass is 10.2. The smallest absolute Gasteiger partial charge is 0.338 e. The van der Waals surface area contributed by atoms with Crippen molar-refractivity contribution in [3.63, 3.8) is 0 Å². The normalized spacial score (nSPS) is 12.3. The molecule has 0 unspecified atom stereocenters. The number of carbonyl (C=O) groups excluding carboxylic acids is 2. The number of fused-ring (bicyclic) bond motifs is 1. The van der Waals surface area contributed by atoms with Crippen LogP contribution < -0.4 is 4.80 Å². The first-order chi connectivity index (χ1) is 15.2. The van der Waals surface area contributed by atoms with Crippen LogP contribution in [0, 0.1) is 0 Å². The van der Waals surface area contributed by atoms with Crippen molar-refractivity contribution in [3.05, 3.63) is 58.4 Å². The zero-order valence-electron chi connectivity index (χ0n) is 18.0. The zero-order chi connectivity index (χ0) is 23.3. The number of thiazole rings is 1. The molecule has 3 rings (SSSR count). The van der Waals surface area contributed by atoms with Crippen LogP contribution in [-0.2, 0) is 25.9 Å². The minimum Gasteiger partial charge on any atom is -0.462 e. The van der Waals surface area contributed by atoms with E-state index in [2.05, 4.69) is 4.99 Å². The van der Waals surface area contributed by atoms with Crippen LogP contribution in [-0.4, -0.2) is 50.9 Å². The van der Waals surface area contributed by atoms with E-state index in [0.29, 0.717) is 30.1 Å². The average molecular weight is 477 g/mol. The van der Waals surface area contributed by atoms with Crippen LogP contribution in [0.1, 0.15) is 34.6 Å². The van der Waals surface area contributed by atoms with Crippen LogP contribution in [0.2, 0.25) is 0 Å². The van der Waals surface area contributed by atoms with Crippen LogP contribution in [0.25, 0.3) is 10.2 Å². The Kier molecular flexibility index (Phi) is 7.60. The molecule has 0 atom stereocenters. The Labute approximate surface area is 190 Å². The number of rotatable bonds is 8. The molecule has 8 nitrogen and oxygen atoms in total. The van der Waals surface area contributed by atoms with Crippen molar-refractivity contribution in [3.8, 4) is 0 Å². The first-order valence-electron chi connectivity index (χ1n) is 10.0. The van der Waals surface area contributed by atoms with E-state index in [1.165, 1.54) is 35.6 Å². The molecule has 0 N–H and O–H groups in total. The van der Waals surface area contributed by atoms with Crippen molar-refractivity contribution in [1.82, 2.24) is 4.57 Å². The van der Waals surface area contributed by atoms with Crippen LogP contribution >= 0.6 is 11.3 Å². The predicted octanol–water partition coefficient (Wildman–Crippen LogP) is 3.06. The van der Waals surface area contributed by atoms with Gasteiger partial charge in [-0.05, 0) is 50.2 Å². The SMILES string of the molecule is CCOCCn1c(=NC(=O)c2cccc(S(C)(=O)=O)c2)sc2cc(C(=O)OCC)ccc21. The lowest BCUT2D eigenvalue weighted by molar-refractivity contribution is 0.0526. The molecule has 0 aliphatic carbocycles. The van der Waals surface area contributed by atoms with Gasteiger partial charge < -0.3 is 14.0 Å². The maximum Gasteiger partial charge on any atom is 0.338 e. The fourth-order valence-electron chi connectivity index (χ4n) is 3.03. The van der Waals surface area contributed by atoms with Crippen LogP contribution in [0.15, 0.2) is 52.4 Å². The third-order valence-electron chi connectivity index (χ3n) is 4.56. The summed E-state index contributed by atoms with van der Waals surface area (Å²) in [5, 5.41) is 0. The number of amides is 1. The monoisotopic (exact) mass is 476 g/mol. The third-order valence-corrected chi connectivity index (χ3v) is 6.71. The summed E-state index contributed by atoms with van der Waals surface area (Å²) in [4.78, 5) is 29.7. The fourth-order valence-corrected chi connectivity index (χ4v) is 4.79. The molecule has 0 bridgehead atoms. The molecule has 10 heteroatoms. The number of ether oxygens (including phenoxy) is 2. The molecular formula is C22H24N2O6S2. The van der Waals surface area contributed by atoms with Crippen molar-refractivity contribution in [2.75, 3.05) is 26.1 Å². The van der Waals surface area contributed by atoms with Gasteiger partial charge in [-0.15, -0.1) is 0 Å². The summed E-state index contributed by atoms with van der Waals surface area (Å²) in [5.41, 5.74) is 1.39.